The van der Waals surface area contributed by atoms with Gasteiger partial charge in [0.1, 0.15) is 18.1 Å². The van der Waals surface area contributed by atoms with E-state index in [1.54, 1.807) is 19.1 Å². The molecule has 1 aliphatic heterocycles. The highest BCUT2D eigenvalue weighted by molar-refractivity contribution is 5.86. The maximum absolute atomic E-state index is 12.8. The van der Waals surface area contributed by atoms with Gasteiger partial charge in [-0.05, 0) is 43.0 Å². The van der Waals surface area contributed by atoms with E-state index in [0.29, 0.717) is 12.2 Å². The van der Waals surface area contributed by atoms with Gasteiger partial charge >= 0.3 is 18.1 Å². The van der Waals surface area contributed by atoms with Crippen LogP contribution in [0.2, 0.25) is 0 Å². The Morgan fingerprint density at radius 2 is 1.89 bits per heavy atom. The minimum Gasteiger partial charge on any atom is -0.480 e. The molecule has 0 saturated carbocycles. The third-order valence-electron chi connectivity index (χ3n) is 6.26. The topological polar surface area (TPSA) is 141 Å². The minimum absolute atomic E-state index is 0.180. The molecule has 1 aliphatic rings. The number of urea groups is 1. The summed E-state index contributed by atoms with van der Waals surface area (Å²) in [5, 5.41) is 25.7. The first-order valence-electron chi connectivity index (χ1n) is 12.2. The molecule has 0 aliphatic carbocycles. The number of anilines is 1. The number of carbonyl (C=O) groups excluding carboxylic acids is 2. The van der Waals surface area contributed by atoms with E-state index in [2.05, 4.69) is 22.5 Å². The largest absolute Gasteiger partial charge is 0.480 e. The SMILES string of the molecule is CCCCCCOC(=O)Nc1cc(C[C@H]2C(O)N(C(=O)N[C@H](C)c3ccccc3)[C@@H]2C(=O)O)ccn1. The molecule has 3 rings (SSSR count). The second kappa shape index (κ2) is 12.9. The lowest BCUT2D eigenvalue weighted by Gasteiger charge is -2.50. The van der Waals surface area contributed by atoms with Crippen molar-refractivity contribution in [1.29, 1.82) is 0 Å². The van der Waals surface area contributed by atoms with Crippen molar-refractivity contribution >= 4 is 23.9 Å². The molecule has 10 nitrogen and oxygen atoms in total. The summed E-state index contributed by atoms with van der Waals surface area (Å²) in [4.78, 5) is 41.8. The van der Waals surface area contributed by atoms with Crippen LogP contribution in [0.1, 0.15) is 56.7 Å². The van der Waals surface area contributed by atoms with Crippen LogP contribution in [0.5, 0.6) is 0 Å². The summed E-state index contributed by atoms with van der Waals surface area (Å²) in [5.41, 5.74) is 1.52. The van der Waals surface area contributed by atoms with Gasteiger partial charge in [-0.15, -0.1) is 0 Å². The van der Waals surface area contributed by atoms with E-state index < -0.39 is 36.3 Å². The Hall–Kier alpha value is -3.66. The summed E-state index contributed by atoms with van der Waals surface area (Å²) in [5.74, 6) is -1.66. The van der Waals surface area contributed by atoms with Crippen molar-refractivity contribution in [3.8, 4) is 0 Å². The number of ether oxygens (including phenoxy) is 1. The van der Waals surface area contributed by atoms with Crippen LogP contribution in [0, 0.1) is 5.92 Å². The van der Waals surface area contributed by atoms with Crippen LogP contribution in [-0.2, 0) is 16.0 Å². The number of carboxylic acid groups (broad SMARTS) is 1. The van der Waals surface area contributed by atoms with Crippen LogP contribution in [-0.4, -0.2) is 57.1 Å². The second-order valence-electron chi connectivity index (χ2n) is 8.92. The van der Waals surface area contributed by atoms with Crippen molar-refractivity contribution in [3.63, 3.8) is 0 Å². The van der Waals surface area contributed by atoms with E-state index in [1.807, 2.05) is 30.3 Å². The lowest BCUT2D eigenvalue weighted by Crippen LogP contribution is -2.71. The molecule has 10 heteroatoms. The van der Waals surface area contributed by atoms with Crippen LogP contribution < -0.4 is 10.6 Å². The number of nitrogens with zero attached hydrogens (tertiary/aromatic N) is 2. The van der Waals surface area contributed by atoms with Gasteiger partial charge < -0.3 is 20.3 Å². The Balaban J connectivity index is 1.57. The zero-order valence-electron chi connectivity index (χ0n) is 20.6. The fourth-order valence-corrected chi connectivity index (χ4v) is 4.27. The predicted molar refractivity (Wildman–Crippen MR) is 133 cm³/mol. The van der Waals surface area contributed by atoms with E-state index in [1.165, 1.54) is 6.20 Å². The van der Waals surface area contributed by atoms with Crippen LogP contribution in [0.25, 0.3) is 0 Å². The summed E-state index contributed by atoms with van der Waals surface area (Å²) in [6, 6.07) is 10.3. The van der Waals surface area contributed by atoms with E-state index in [4.69, 9.17) is 4.74 Å². The van der Waals surface area contributed by atoms with Gasteiger partial charge in [0.25, 0.3) is 0 Å². The normalized spacial score (nSPS) is 19.6. The summed E-state index contributed by atoms with van der Waals surface area (Å²) < 4.78 is 5.16. The monoisotopic (exact) mass is 498 g/mol. The number of rotatable bonds is 11. The number of hydrogen-bond donors (Lipinski definition) is 4. The van der Waals surface area contributed by atoms with E-state index >= 15 is 0 Å². The number of aliphatic hydroxyl groups is 1. The lowest BCUT2D eigenvalue weighted by molar-refractivity contribution is -0.180. The van der Waals surface area contributed by atoms with Gasteiger partial charge in [0.15, 0.2) is 0 Å². The second-order valence-corrected chi connectivity index (χ2v) is 8.92. The maximum Gasteiger partial charge on any atom is 0.412 e. The van der Waals surface area contributed by atoms with Crippen LogP contribution in [0.4, 0.5) is 15.4 Å². The van der Waals surface area contributed by atoms with Crippen molar-refractivity contribution in [2.24, 2.45) is 5.92 Å². The van der Waals surface area contributed by atoms with Gasteiger partial charge in [0, 0.05) is 12.1 Å². The molecule has 3 amide bonds. The van der Waals surface area contributed by atoms with Crippen molar-refractivity contribution in [1.82, 2.24) is 15.2 Å². The molecule has 4 atom stereocenters. The average molecular weight is 499 g/mol. The number of unbranched alkanes of at least 4 members (excludes halogenated alkanes) is 3. The van der Waals surface area contributed by atoms with Crippen LogP contribution in [0.3, 0.4) is 0 Å². The van der Waals surface area contributed by atoms with Crippen LogP contribution in [0.15, 0.2) is 48.7 Å². The minimum atomic E-state index is -1.27. The zero-order chi connectivity index (χ0) is 26.1. The standard InChI is InChI=1S/C26H34N4O6/c1-3-4-5-9-14-36-26(35)29-21-16-18(12-13-27-21)15-20-22(24(32)33)30(23(20)31)25(34)28-17(2)19-10-7-6-8-11-19/h6-8,10-13,16-17,20,22-23,31H,3-5,9,14-15H2,1-2H3,(H,28,34)(H,32,33)(H,27,29,35)/t17-,20-,22+,23?/m1/s1. The molecule has 1 aromatic heterocycles. The van der Waals surface area contributed by atoms with Gasteiger partial charge in [-0.1, -0.05) is 56.5 Å². The highest BCUT2D eigenvalue weighted by atomic mass is 16.5. The van der Waals surface area contributed by atoms with Crippen molar-refractivity contribution in [3.05, 3.63) is 59.8 Å². The number of hydrogen-bond acceptors (Lipinski definition) is 6. The van der Waals surface area contributed by atoms with Gasteiger partial charge in [0.2, 0.25) is 0 Å². The number of aromatic nitrogens is 1. The van der Waals surface area contributed by atoms with Gasteiger partial charge in [-0.3, -0.25) is 10.2 Å². The summed E-state index contributed by atoms with van der Waals surface area (Å²) in [6.45, 7) is 4.21. The highest BCUT2D eigenvalue weighted by Gasteiger charge is 2.54. The predicted octanol–water partition coefficient (Wildman–Crippen LogP) is 3.93. The number of carboxylic acids is 1. The van der Waals surface area contributed by atoms with Gasteiger partial charge in [-0.2, -0.15) is 0 Å². The quantitative estimate of drug-likeness (QED) is 0.344. The first kappa shape index (κ1) is 26.9. The number of likely N-dealkylation sites (tertiary alicyclic amines) is 1. The van der Waals surface area contributed by atoms with Gasteiger partial charge in [-0.25, -0.2) is 19.4 Å². The fraction of sp³-hybridized carbons (Fsp3) is 0.462. The molecule has 1 aromatic carbocycles. The smallest absolute Gasteiger partial charge is 0.412 e. The Kier molecular flexibility index (Phi) is 9.63. The Bertz CT molecular complexity index is 1030. The maximum atomic E-state index is 12.8. The molecule has 0 radical (unpaired) electrons. The molecule has 194 valence electrons. The molecule has 1 fully saturated rings. The number of nitrogens with one attached hydrogen (secondary N) is 2. The zero-order valence-corrected chi connectivity index (χ0v) is 20.6. The Morgan fingerprint density at radius 1 is 1.14 bits per heavy atom. The molecular weight excluding hydrogens is 464 g/mol. The van der Waals surface area contributed by atoms with Crippen LogP contribution >= 0.6 is 0 Å². The molecule has 1 saturated heterocycles. The lowest BCUT2D eigenvalue weighted by atomic mass is 9.81. The first-order chi connectivity index (χ1) is 17.3. The van der Waals surface area contributed by atoms with Crippen molar-refractivity contribution in [2.45, 2.75) is 64.3 Å². The molecule has 1 unspecified atom stereocenters. The average Bonchev–Trinajstić information content (AvgIpc) is 2.85. The molecule has 2 aromatic rings. The number of carbonyl (C=O) groups is 3. The number of pyridine rings is 1. The van der Waals surface area contributed by atoms with E-state index in [-0.39, 0.29) is 18.3 Å². The first-order valence-corrected chi connectivity index (χ1v) is 12.2. The summed E-state index contributed by atoms with van der Waals surface area (Å²) in [6.07, 6.45) is 3.75. The summed E-state index contributed by atoms with van der Waals surface area (Å²) >= 11 is 0. The van der Waals surface area contributed by atoms with E-state index in [0.717, 1.165) is 36.1 Å². The highest BCUT2D eigenvalue weighted by Crippen LogP contribution is 2.35. The molecule has 0 bridgehead atoms. The van der Waals surface area contributed by atoms with Crippen molar-refractivity contribution in [2.75, 3.05) is 11.9 Å². The van der Waals surface area contributed by atoms with Gasteiger partial charge in [0.05, 0.1) is 12.6 Å². The number of aliphatic hydroxyl groups excluding tert-OH is 1. The molecule has 0 spiro atoms. The third-order valence-corrected chi connectivity index (χ3v) is 6.26. The Labute approximate surface area is 210 Å². The number of aliphatic carboxylic acids is 1. The number of benzene rings is 1. The fourth-order valence-electron chi connectivity index (χ4n) is 4.27. The number of amides is 3. The Morgan fingerprint density at radius 3 is 2.58 bits per heavy atom. The van der Waals surface area contributed by atoms with Crippen molar-refractivity contribution < 1.29 is 29.3 Å². The molecule has 4 N–H and O–H groups in total. The third kappa shape index (κ3) is 6.94. The summed E-state index contributed by atoms with van der Waals surface area (Å²) in [7, 11) is 0. The van der Waals surface area contributed by atoms with E-state index in [9.17, 15) is 24.6 Å². The molecular formula is C26H34N4O6. The molecule has 36 heavy (non-hydrogen) atoms. The molecule has 2 heterocycles.